The monoisotopic (exact) mass is 240 g/mol. The van der Waals surface area contributed by atoms with Gasteiger partial charge < -0.3 is 5.32 Å². The maximum Gasteiger partial charge on any atom is 0.227 e. The van der Waals surface area contributed by atoms with Crippen LogP contribution in [0.5, 0.6) is 0 Å². The Morgan fingerprint density at radius 2 is 2.38 bits per heavy atom. The first kappa shape index (κ1) is 8.69. The van der Waals surface area contributed by atoms with Gasteiger partial charge in [0, 0.05) is 17.8 Å². The molecule has 3 nitrogen and oxygen atoms in total. The van der Waals surface area contributed by atoms with Gasteiger partial charge in [-0.1, -0.05) is 0 Å². The Bertz CT molecular complexity index is 336. The van der Waals surface area contributed by atoms with E-state index in [-0.39, 0.29) is 11.8 Å². The van der Waals surface area contributed by atoms with Gasteiger partial charge in [-0.05, 0) is 40.9 Å². The van der Waals surface area contributed by atoms with Gasteiger partial charge in [-0.15, -0.1) is 0 Å². The number of nitrogens with zero attached hydrogens (tertiary/aromatic N) is 1. The van der Waals surface area contributed by atoms with Crippen molar-refractivity contribution in [2.75, 3.05) is 5.32 Å². The summed E-state index contributed by atoms with van der Waals surface area (Å²) in [7, 11) is 0. The lowest BCUT2D eigenvalue weighted by molar-refractivity contribution is -0.117. The minimum absolute atomic E-state index is 0.123. The Kier molecular flexibility index (Phi) is 2.31. The molecule has 0 spiro atoms. The molecular formula is C9H9BrN2O. The summed E-state index contributed by atoms with van der Waals surface area (Å²) in [6.07, 6.45) is 3.71. The standard InChI is InChI=1S/C9H9BrN2O/c10-8-5-7(3-4-11-8)12-9(13)6-1-2-6/h3-6H,1-2H2,(H,11,12,13). The van der Waals surface area contributed by atoms with E-state index in [1.807, 2.05) is 0 Å². The molecule has 0 aliphatic heterocycles. The van der Waals surface area contributed by atoms with Crippen LogP contribution in [0.2, 0.25) is 0 Å². The van der Waals surface area contributed by atoms with Crippen LogP contribution in [0.25, 0.3) is 0 Å². The van der Waals surface area contributed by atoms with E-state index in [1.54, 1.807) is 18.3 Å². The summed E-state index contributed by atoms with van der Waals surface area (Å²) >= 11 is 3.24. The highest BCUT2D eigenvalue weighted by molar-refractivity contribution is 9.10. The number of rotatable bonds is 2. The highest BCUT2D eigenvalue weighted by Crippen LogP contribution is 2.30. The lowest BCUT2D eigenvalue weighted by atomic mass is 10.3. The Balaban J connectivity index is 2.04. The molecule has 0 radical (unpaired) electrons. The van der Waals surface area contributed by atoms with Crippen molar-refractivity contribution in [1.29, 1.82) is 0 Å². The van der Waals surface area contributed by atoms with Gasteiger partial charge in [0.1, 0.15) is 4.60 Å². The molecule has 1 aliphatic carbocycles. The zero-order valence-corrected chi connectivity index (χ0v) is 8.54. The molecule has 0 atom stereocenters. The fourth-order valence-electron chi connectivity index (χ4n) is 1.07. The van der Waals surface area contributed by atoms with Crippen LogP contribution in [-0.2, 0) is 4.79 Å². The van der Waals surface area contributed by atoms with E-state index in [2.05, 4.69) is 26.2 Å². The fraction of sp³-hybridized carbons (Fsp3) is 0.333. The van der Waals surface area contributed by atoms with Crippen molar-refractivity contribution in [2.45, 2.75) is 12.8 Å². The molecule has 1 fully saturated rings. The van der Waals surface area contributed by atoms with E-state index >= 15 is 0 Å². The van der Waals surface area contributed by atoms with Crippen LogP contribution in [0.4, 0.5) is 5.69 Å². The van der Waals surface area contributed by atoms with Crippen molar-refractivity contribution in [3.8, 4) is 0 Å². The van der Waals surface area contributed by atoms with Crippen molar-refractivity contribution < 1.29 is 4.79 Å². The average Bonchev–Trinajstić information content (AvgIpc) is 2.85. The number of halogens is 1. The first-order chi connectivity index (χ1) is 6.25. The second kappa shape index (κ2) is 3.46. The van der Waals surface area contributed by atoms with Gasteiger partial charge >= 0.3 is 0 Å². The number of amides is 1. The highest BCUT2D eigenvalue weighted by Gasteiger charge is 2.29. The number of hydrogen-bond acceptors (Lipinski definition) is 2. The molecule has 1 aromatic heterocycles. The third-order valence-electron chi connectivity index (χ3n) is 1.94. The van der Waals surface area contributed by atoms with Crippen LogP contribution in [0.3, 0.4) is 0 Å². The zero-order valence-electron chi connectivity index (χ0n) is 6.96. The predicted octanol–water partition coefficient (Wildman–Crippen LogP) is 2.19. The summed E-state index contributed by atoms with van der Waals surface area (Å²) in [5.41, 5.74) is 0.804. The summed E-state index contributed by atoms with van der Waals surface area (Å²) in [5, 5.41) is 2.84. The van der Waals surface area contributed by atoms with Gasteiger partial charge in [-0.3, -0.25) is 4.79 Å². The van der Waals surface area contributed by atoms with Crippen molar-refractivity contribution in [1.82, 2.24) is 4.98 Å². The summed E-state index contributed by atoms with van der Waals surface area (Å²) < 4.78 is 0.737. The number of carbonyl (C=O) groups is 1. The third kappa shape index (κ3) is 2.28. The van der Waals surface area contributed by atoms with Crippen LogP contribution in [-0.4, -0.2) is 10.9 Å². The molecule has 1 aromatic rings. The van der Waals surface area contributed by atoms with Crippen LogP contribution < -0.4 is 5.32 Å². The summed E-state index contributed by atoms with van der Waals surface area (Å²) in [5.74, 6) is 0.366. The van der Waals surface area contributed by atoms with Crippen LogP contribution in [0, 0.1) is 5.92 Å². The second-order valence-corrected chi connectivity index (χ2v) is 3.94. The SMILES string of the molecule is O=C(Nc1ccnc(Br)c1)C1CC1. The van der Waals surface area contributed by atoms with Crippen molar-refractivity contribution in [3.05, 3.63) is 22.9 Å². The summed E-state index contributed by atoms with van der Waals surface area (Å²) in [6, 6.07) is 3.57. The molecule has 1 saturated carbocycles. The zero-order chi connectivity index (χ0) is 9.26. The van der Waals surface area contributed by atoms with Crippen LogP contribution in [0.1, 0.15) is 12.8 Å². The lowest BCUT2D eigenvalue weighted by Crippen LogP contribution is -2.13. The van der Waals surface area contributed by atoms with Crippen LogP contribution in [0.15, 0.2) is 22.9 Å². The Morgan fingerprint density at radius 3 is 3.00 bits per heavy atom. The molecule has 1 N–H and O–H groups in total. The summed E-state index contributed by atoms with van der Waals surface area (Å²) in [6.45, 7) is 0. The van der Waals surface area contributed by atoms with Gasteiger partial charge in [-0.2, -0.15) is 0 Å². The molecule has 2 rings (SSSR count). The van der Waals surface area contributed by atoms with E-state index in [4.69, 9.17) is 0 Å². The lowest BCUT2D eigenvalue weighted by Gasteiger charge is -2.02. The average molecular weight is 241 g/mol. The minimum Gasteiger partial charge on any atom is -0.326 e. The number of nitrogens with one attached hydrogen (secondary N) is 1. The van der Waals surface area contributed by atoms with Gasteiger partial charge in [0.15, 0.2) is 0 Å². The molecule has 0 unspecified atom stereocenters. The molecule has 1 amide bonds. The number of pyridine rings is 1. The largest absolute Gasteiger partial charge is 0.326 e. The predicted molar refractivity (Wildman–Crippen MR) is 53.3 cm³/mol. The van der Waals surface area contributed by atoms with Crippen molar-refractivity contribution >= 4 is 27.5 Å². The third-order valence-corrected chi connectivity index (χ3v) is 2.38. The maximum atomic E-state index is 11.3. The molecular weight excluding hydrogens is 232 g/mol. The number of carbonyl (C=O) groups excluding carboxylic acids is 1. The fourth-order valence-corrected chi connectivity index (χ4v) is 1.43. The van der Waals surface area contributed by atoms with E-state index < -0.39 is 0 Å². The van der Waals surface area contributed by atoms with Crippen LogP contribution >= 0.6 is 15.9 Å². The first-order valence-corrected chi connectivity index (χ1v) is 4.97. The second-order valence-electron chi connectivity index (χ2n) is 3.13. The number of hydrogen-bond donors (Lipinski definition) is 1. The Morgan fingerprint density at radius 1 is 1.62 bits per heavy atom. The molecule has 0 saturated heterocycles. The van der Waals surface area contributed by atoms with Crippen molar-refractivity contribution in [3.63, 3.8) is 0 Å². The molecule has 0 bridgehead atoms. The van der Waals surface area contributed by atoms with Gasteiger partial charge in [0.2, 0.25) is 5.91 Å². The topological polar surface area (TPSA) is 42.0 Å². The Hall–Kier alpha value is -0.900. The molecule has 68 valence electrons. The van der Waals surface area contributed by atoms with Gasteiger partial charge in [-0.25, -0.2) is 4.98 Å². The van der Waals surface area contributed by atoms with Gasteiger partial charge in [0.05, 0.1) is 0 Å². The quantitative estimate of drug-likeness (QED) is 0.806. The molecule has 0 aromatic carbocycles. The Labute approximate surface area is 84.7 Å². The number of anilines is 1. The van der Waals surface area contributed by atoms with Crippen molar-refractivity contribution in [2.24, 2.45) is 5.92 Å². The molecule has 1 heterocycles. The molecule has 4 heteroatoms. The molecule has 13 heavy (non-hydrogen) atoms. The first-order valence-electron chi connectivity index (χ1n) is 4.18. The smallest absolute Gasteiger partial charge is 0.227 e. The van der Waals surface area contributed by atoms with E-state index in [0.717, 1.165) is 23.1 Å². The molecule has 1 aliphatic rings. The minimum atomic E-state index is 0.123. The maximum absolute atomic E-state index is 11.3. The normalized spacial score (nSPS) is 15.5. The van der Waals surface area contributed by atoms with Gasteiger partial charge in [0.25, 0.3) is 0 Å². The van der Waals surface area contributed by atoms with E-state index in [1.165, 1.54) is 0 Å². The highest BCUT2D eigenvalue weighted by atomic mass is 79.9. The van der Waals surface area contributed by atoms with E-state index in [0.29, 0.717) is 0 Å². The summed E-state index contributed by atoms with van der Waals surface area (Å²) in [4.78, 5) is 15.3. The van der Waals surface area contributed by atoms with E-state index in [9.17, 15) is 4.79 Å². The number of aromatic nitrogens is 1.